The highest BCUT2D eigenvalue weighted by atomic mass is 35.5. The fraction of sp³-hybridized carbons (Fsp3) is 0.627. The molecule has 2 aliphatic heterocycles. The molecule has 0 amide bonds. The topological polar surface area (TPSA) is 171 Å². The molecule has 3 fully saturated rings. The van der Waals surface area contributed by atoms with Crippen LogP contribution in [0.2, 0.25) is 5.02 Å². The van der Waals surface area contributed by atoms with Crippen LogP contribution in [0.3, 0.4) is 0 Å². The van der Waals surface area contributed by atoms with Crippen molar-refractivity contribution in [1.29, 1.82) is 5.26 Å². The number of phosphoric acid groups is 1. The van der Waals surface area contributed by atoms with Crippen molar-refractivity contribution in [3.05, 3.63) is 88.6 Å². The number of rotatable bonds is 31. The van der Waals surface area contributed by atoms with E-state index in [1.165, 1.54) is 102 Å². The number of hydrogen-bond acceptors (Lipinski definition) is 13. The second kappa shape index (κ2) is 24.0. The standard InChI is InChI=1S/C51H70ClFN5O9P/c1-5-6-7-8-9-10-11-12-13-14-15-16-17-18-19-20-23-28-60-34-40(61-33-38-29-37(32-54)30-39(53)31-38)35-62-68(59,65-43-25-22-21-24-41(43)52)66-46-45-51(46)48(64-49(2,3)67-51)50(4,63-45)44-27-26-42-47(55)56-36-57-58(42)44/h21-22,24-27,29-31,36,40,45-46,48H,5-20,23,28,33-35H2,1-4H3,(H2,55,56,57)/t40-,45-,46?,48+,50+,51+,68?/m1/s1. The molecule has 0 bridgehead atoms. The predicted octanol–water partition coefficient (Wildman–Crippen LogP) is 12.3. The summed E-state index contributed by atoms with van der Waals surface area (Å²) < 4.78 is 81.9. The van der Waals surface area contributed by atoms with Crippen molar-refractivity contribution < 1.29 is 46.2 Å². The van der Waals surface area contributed by atoms with E-state index in [0.29, 0.717) is 29.2 Å². The molecule has 0 radical (unpaired) electrons. The first-order chi connectivity index (χ1) is 32.8. The van der Waals surface area contributed by atoms with Crippen LogP contribution in [0.1, 0.15) is 154 Å². The number of aromatic nitrogens is 3. The number of nitrogens with two attached hydrogens (primary N) is 1. The maximum atomic E-state index is 15.0. The average Bonchev–Trinajstić information content (AvgIpc) is 3.62. The van der Waals surface area contributed by atoms with Gasteiger partial charge in [-0.15, -0.1) is 0 Å². The number of unbranched alkanes of at least 4 members (excludes halogenated alkanes) is 16. The number of benzene rings is 2. The predicted molar refractivity (Wildman–Crippen MR) is 258 cm³/mol. The average molecular weight is 983 g/mol. The number of anilines is 1. The van der Waals surface area contributed by atoms with Gasteiger partial charge in [0.2, 0.25) is 0 Å². The van der Waals surface area contributed by atoms with Gasteiger partial charge in [-0.05, 0) is 75.2 Å². The summed E-state index contributed by atoms with van der Waals surface area (Å²) in [6.07, 6.45) is 19.8. The first kappa shape index (κ1) is 52.2. The van der Waals surface area contributed by atoms with Crippen molar-refractivity contribution in [2.45, 2.75) is 185 Å². The Kier molecular flexibility index (Phi) is 18.4. The smallest absolute Gasteiger partial charge is 0.402 e. The van der Waals surface area contributed by atoms with Gasteiger partial charge in [-0.2, -0.15) is 10.4 Å². The molecular weight excluding hydrogens is 912 g/mol. The van der Waals surface area contributed by atoms with E-state index in [9.17, 15) is 9.65 Å². The molecule has 7 atom stereocenters. The molecule has 4 heterocycles. The lowest BCUT2D eigenvalue weighted by Crippen LogP contribution is -2.45. The van der Waals surface area contributed by atoms with Crippen molar-refractivity contribution in [3.8, 4) is 11.8 Å². The molecule has 372 valence electrons. The number of nitrogen functional groups attached to an aromatic ring is 1. The van der Waals surface area contributed by atoms with Crippen LogP contribution in [0.25, 0.3) is 5.52 Å². The zero-order valence-corrected chi connectivity index (χ0v) is 41.8. The number of para-hydroxylation sites is 1. The van der Waals surface area contributed by atoms with Crippen LogP contribution in [0.15, 0.2) is 60.9 Å². The van der Waals surface area contributed by atoms with E-state index in [2.05, 4.69) is 17.0 Å². The van der Waals surface area contributed by atoms with Gasteiger partial charge in [0.1, 0.15) is 53.4 Å². The van der Waals surface area contributed by atoms with Crippen molar-refractivity contribution in [2.75, 3.05) is 25.6 Å². The van der Waals surface area contributed by atoms with Crippen LogP contribution in [0.4, 0.5) is 10.2 Å². The Hall–Kier alpha value is -3.68. The number of ether oxygens (including phenoxy) is 5. The van der Waals surface area contributed by atoms with E-state index < -0.39 is 55.0 Å². The van der Waals surface area contributed by atoms with E-state index in [-0.39, 0.29) is 36.2 Å². The lowest BCUT2D eigenvalue weighted by Gasteiger charge is -2.33. The van der Waals surface area contributed by atoms with Crippen LogP contribution in [-0.4, -0.2) is 70.2 Å². The molecule has 3 aliphatic rings. The largest absolute Gasteiger partial charge is 0.530 e. The maximum absolute atomic E-state index is 15.0. The lowest BCUT2D eigenvalue weighted by molar-refractivity contribution is -0.196. The zero-order chi connectivity index (χ0) is 48.2. The van der Waals surface area contributed by atoms with Crippen LogP contribution in [0.5, 0.6) is 5.75 Å². The maximum Gasteiger partial charge on any atom is 0.530 e. The summed E-state index contributed by atoms with van der Waals surface area (Å²) >= 11 is 6.52. The molecular formula is C51H70ClFN5O9P. The van der Waals surface area contributed by atoms with Gasteiger partial charge in [0.15, 0.2) is 17.2 Å². The van der Waals surface area contributed by atoms with Crippen molar-refractivity contribution >= 4 is 30.8 Å². The van der Waals surface area contributed by atoms with Gasteiger partial charge < -0.3 is 33.9 Å². The highest BCUT2D eigenvalue weighted by Crippen LogP contribution is 2.70. The van der Waals surface area contributed by atoms with Crippen molar-refractivity contribution in [1.82, 2.24) is 14.6 Å². The Morgan fingerprint density at radius 1 is 0.897 bits per heavy atom. The van der Waals surface area contributed by atoms with E-state index in [0.717, 1.165) is 25.3 Å². The number of halogens is 2. The van der Waals surface area contributed by atoms with E-state index in [4.69, 9.17) is 54.6 Å². The quantitative estimate of drug-likeness (QED) is 0.0373. The summed E-state index contributed by atoms with van der Waals surface area (Å²) in [6.45, 7) is 7.89. The van der Waals surface area contributed by atoms with Gasteiger partial charge in [-0.3, -0.25) is 9.05 Å². The van der Waals surface area contributed by atoms with Gasteiger partial charge in [0.25, 0.3) is 0 Å². The van der Waals surface area contributed by atoms with E-state index in [1.54, 1.807) is 48.7 Å². The van der Waals surface area contributed by atoms with Crippen LogP contribution < -0.4 is 10.3 Å². The van der Waals surface area contributed by atoms with Gasteiger partial charge in [-0.1, -0.05) is 133 Å². The van der Waals surface area contributed by atoms with Gasteiger partial charge in [0, 0.05) is 6.61 Å². The minimum absolute atomic E-state index is 0.0649. The van der Waals surface area contributed by atoms with E-state index in [1.807, 2.05) is 25.1 Å². The van der Waals surface area contributed by atoms with Crippen LogP contribution in [-0.2, 0) is 49.5 Å². The number of nitrogens with zero attached hydrogens (tertiary/aromatic N) is 4. The number of phosphoric ester groups is 1. The van der Waals surface area contributed by atoms with Gasteiger partial charge in [0.05, 0.1) is 42.2 Å². The molecule has 2 saturated heterocycles. The molecule has 1 saturated carbocycles. The number of hydrogen-bond donors (Lipinski definition) is 1. The van der Waals surface area contributed by atoms with Crippen LogP contribution >= 0.6 is 19.4 Å². The number of nitriles is 1. The Balaban J connectivity index is 0.950. The third-order valence-electron chi connectivity index (χ3n) is 13.1. The van der Waals surface area contributed by atoms with Gasteiger partial charge in [-0.25, -0.2) is 18.5 Å². The van der Waals surface area contributed by atoms with Crippen LogP contribution in [0, 0.1) is 17.1 Å². The molecule has 4 aromatic rings. The third kappa shape index (κ3) is 13.0. The molecule has 1 aliphatic carbocycles. The molecule has 68 heavy (non-hydrogen) atoms. The van der Waals surface area contributed by atoms with E-state index >= 15 is 4.57 Å². The Bertz CT molecular complexity index is 2350. The molecule has 14 nitrogen and oxygen atoms in total. The molecule has 2 unspecified atom stereocenters. The fourth-order valence-corrected chi connectivity index (χ4v) is 11.3. The molecule has 1 spiro atoms. The van der Waals surface area contributed by atoms with Crippen molar-refractivity contribution in [3.63, 3.8) is 0 Å². The van der Waals surface area contributed by atoms with Gasteiger partial charge >= 0.3 is 7.82 Å². The normalized spacial score (nSPS) is 23.8. The van der Waals surface area contributed by atoms with Crippen molar-refractivity contribution in [2.24, 2.45) is 0 Å². The Morgan fingerprint density at radius 3 is 2.22 bits per heavy atom. The summed E-state index contributed by atoms with van der Waals surface area (Å²) in [4.78, 5) is 4.12. The number of fused-ring (bicyclic) bond motifs is 1. The lowest BCUT2D eigenvalue weighted by atomic mass is 9.91. The highest BCUT2D eigenvalue weighted by molar-refractivity contribution is 7.49. The molecule has 7 rings (SSSR count). The molecule has 2 aromatic carbocycles. The summed E-state index contributed by atoms with van der Waals surface area (Å²) in [7, 11) is -4.59. The highest BCUT2D eigenvalue weighted by Gasteiger charge is 2.88. The summed E-state index contributed by atoms with van der Waals surface area (Å²) in [5.74, 6) is -1.27. The summed E-state index contributed by atoms with van der Waals surface area (Å²) in [5.41, 5.74) is 5.70. The minimum atomic E-state index is -4.59. The molecule has 2 N–H and O–H groups in total. The zero-order valence-electron chi connectivity index (χ0n) is 40.2. The fourth-order valence-electron chi connectivity index (χ4n) is 9.63. The third-order valence-corrected chi connectivity index (χ3v) is 14.8. The monoisotopic (exact) mass is 981 g/mol. The molecule has 17 heteroatoms. The molecule has 2 aromatic heterocycles. The minimum Gasteiger partial charge on any atom is -0.402 e. The summed E-state index contributed by atoms with van der Waals surface area (Å²) in [5, 5.41) is 14.1. The Labute approximate surface area is 406 Å². The second-order valence-corrected chi connectivity index (χ2v) is 21.0. The summed E-state index contributed by atoms with van der Waals surface area (Å²) in [6, 6.07) is 16.2. The first-order valence-electron chi connectivity index (χ1n) is 24.7. The Morgan fingerprint density at radius 2 is 1.56 bits per heavy atom. The second-order valence-electron chi connectivity index (χ2n) is 19.1. The first-order valence-corrected chi connectivity index (χ1v) is 26.5. The SMILES string of the molecule is CCCCCCCCCCCCCCCCCCCOC[C@H](COP(=O)(Oc1ccccc1Cl)OC1[C@H]2O[C@@](C)(c3ccc4c(N)ncnn34)[C@@H]3OC(C)(C)O[C@]123)OCc1cc(F)cc(C#N)c1.